The number of allylic oxidation sites excluding steroid dienone is 1. The molecule has 0 aliphatic carbocycles. The summed E-state index contributed by atoms with van der Waals surface area (Å²) >= 11 is 0. The molecule has 0 aliphatic heterocycles. The van der Waals surface area contributed by atoms with Crippen molar-refractivity contribution in [3.63, 3.8) is 0 Å². The summed E-state index contributed by atoms with van der Waals surface area (Å²) in [6.07, 6.45) is 4.39. The second-order valence-electron chi connectivity index (χ2n) is 5.70. The van der Waals surface area contributed by atoms with Crippen molar-refractivity contribution in [3.05, 3.63) is 83.4 Å². The van der Waals surface area contributed by atoms with E-state index in [1.807, 2.05) is 0 Å². The molecule has 0 heteroatoms. The Bertz CT molecular complexity index is 566. The number of hydrogen-bond acceptors (Lipinski definition) is 0. The fourth-order valence-electron chi connectivity index (χ4n) is 2.93. The fraction of sp³-hybridized carbons (Fsp3) is 0.333. The first-order valence-electron chi connectivity index (χ1n) is 8.05. The third-order valence-electron chi connectivity index (χ3n) is 4.24. The van der Waals surface area contributed by atoms with Crippen LogP contribution in [0.1, 0.15) is 49.3 Å². The van der Waals surface area contributed by atoms with Gasteiger partial charge in [-0.25, -0.2) is 0 Å². The van der Waals surface area contributed by atoms with Crippen LogP contribution in [-0.2, 0) is 12.8 Å². The van der Waals surface area contributed by atoms with E-state index >= 15 is 0 Å². The van der Waals surface area contributed by atoms with Crippen LogP contribution in [0.15, 0.2) is 66.7 Å². The maximum atomic E-state index is 4.36. The fourth-order valence-corrected chi connectivity index (χ4v) is 2.93. The van der Waals surface area contributed by atoms with Gasteiger partial charge in [0.2, 0.25) is 0 Å². The third kappa shape index (κ3) is 4.32. The molecule has 0 spiro atoms. The van der Waals surface area contributed by atoms with Crippen molar-refractivity contribution >= 4 is 0 Å². The maximum Gasteiger partial charge on any atom is 0.00429 e. The van der Waals surface area contributed by atoms with Crippen molar-refractivity contribution in [1.29, 1.82) is 0 Å². The van der Waals surface area contributed by atoms with Gasteiger partial charge in [-0.15, -0.1) is 0 Å². The van der Waals surface area contributed by atoms with Crippen molar-refractivity contribution < 1.29 is 0 Å². The number of rotatable bonds is 7. The van der Waals surface area contributed by atoms with E-state index in [-0.39, 0.29) is 0 Å². The molecular weight excluding hydrogens is 252 g/mol. The minimum Gasteiger partial charge on any atom is -0.0992 e. The summed E-state index contributed by atoms with van der Waals surface area (Å²) in [5, 5.41) is 0. The van der Waals surface area contributed by atoms with Crippen LogP contribution in [0.25, 0.3) is 0 Å². The number of benzene rings is 2. The summed E-state index contributed by atoms with van der Waals surface area (Å²) in [4.78, 5) is 0. The van der Waals surface area contributed by atoms with E-state index in [0.29, 0.717) is 5.92 Å². The average molecular weight is 278 g/mol. The summed E-state index contributed by atoms with van der Waals surface area (Å²) in [7, 11) is 0. The first kappa shape index (κ1) is 15.6. The van der Waals surface area contributed by atoms with E-state index in [2.05, 4.69) is 75.0 Å². The van der Waals surface area contributed by atoms with Crippen molar-refractivity contribution in [1.82, 2.24) is 0 Å². The van der Waals surface area contributed by atoms with E-state index < -0.39 is 0 Å². The summed E-state index contributed by atoms with van der Waals surface area (Å²) in [6, 6.07) is 19.7. The topological polar surface area (TPSA) is 0 Å². The van der Waals surface area contributed by atoms with Crippen LogP contribution in [0.4, 0.5) is 0 Å². The quantitative estimate of drug-likeness (QED) is 0.550. The van der Waals surface area contributed by atoms with Crippen LogP contribution in [-0.4, -0.2) is 0 Å². The zero-order valence-corrected chi connectivity index (χ0v) is 13.3. The summed E-state index contributed by atoms with van der Waals surface area (Å²) in [6.45, 7) is 8.82. The highest BCUT2D eigenvalue weighted by atomic mass is 14.2. The van der Waals surface area contributed by atoms with Crippen LogP contribution in [0.5, 0.6) is 0 Å². The summed E-state index contributed by atoms with van der Waals surface area (Å²) in [5.41, 5.74) is 5.60. The molecule has 21 heavy (non-hydrogen) atoms. The number of aryl methyl sites for hydroxylation is 2. The number of hydrogen-bond donors (Lipinski definition) is 0. The van der Waals surface area contributed by atoms with Crippen molar-refractivity contribution in [2.45, 2.75) is 45.4 Å². The molecule has 2 aromatic carbocycles. The van der Waals surface area contributed by atoms with Gasteiger partial charge in [0, 0.05) is 5.92 Å². The van der Waals surface area contributed by atoms with Gasteiger partial charge in [-0.2, -0.15) is 0 Å². The molecule has 2 rings (SSSR count). The van der Waals surface area contributed by atoms with Gasteiger partial charge in [0.05, 0.1) is 0 Å². The van der Waals surface area contributed by atoms with E-state index in [9.17, 15) is 0 Å². The minimum absolute atomic E-state index is 0.487. The standard InChI is InChI=1S/C21H26/c1-4-18-10-9-11-19(16-18)15-14-17(3)21(5-2)20-12-7-6-8-13-20/h6-13,16,21H,3-5,14-15H2,1-2H3/t21-/m1/s1. The third-order valence-corrected chi connectivity index (χ3v) is 4.24. The second-order valence-corrected chi connectivity index (χ2v) is 5.70. The first-order valence-corrected chi connectivity index (χ1v) is 8.05. The molecule has 0 bridgehead atoms. The molecule has 0 saturated carbocycles. The molecule has 0 saturated heterocycles. The lowest BCUT2D eigenvalue weighted by Crippen LogP contribution is -2.02. The molecule has 2 aromatic rings. The van der Waals surface area contributed by atoms with Crippen LogP contribution < -0.4 is 0 Å². The Balaban J connectivity index is 2.00. The van der Waals surface area contributed by atoms with E-state index in [1.165, 1.54) is 22.3 Å². The summed E-state index contributed by atoms with van der Waals surface area (Å²) < 4.78 is 0. The van der Waals surface area contributed by atoms with Crippen molar-refractivity contribution in [2.24, 2.45) is 0 Å². The Morgan fingerprint density at radius 3 is 2.33 bits per heavy atom. The van der Waals surface area contributed by atoms with Crippen molar-refractivity contribution in [2.75, 3.05) is 0 Å². The van der Waals surface area contributed by atoms with Crippen molar-refractivity contribution in [3.8, 4) is 0 Å². The van der Waals surface area contributed by atoms with Gasteiger partial charge in [0.15, 0.2) is 0 Å². The molecule has 0 N–H and O–H groups in total. The molecule has 0 nitrogen and oxygen atoms in total. The maximum absolute atomic E-state index is 4.36. The first-order chi connectivity index (χ1) is 10.2. The highest BCUT2D eigenvalue weighted by Gasteiger charge is 2.12. The molecule has 0 fully saturated rings. The monoisotopic (exact) mass is 278 g/mol. The normalized spacial score (nSPS) is 12.1. The van der Waals surface area contributed by atoms with E-state index in [4.69, 9.17) is 0 Å². The lowest BCUT2D eigenvalue weighted by molar-refractivity contribution is 0.715. The van der Waals surface area contributed by atoms with Crippen LogP contribution in [0.3, 0.4) is 0 Å². The van der Waals surface area contributed by atoms with Gasteiger partial charge in [-0.1, -0.05) is 80.6 Å². The van der Waals surface area contributed by atoms with Gasteiger partial charge in [0.1, 0.15) is 0 Å². The van der Waals surface area contributed by atoms with Crippen LogP contribution in [0.2, 0.25) is 0 Å². The molecule has 0 heterocycles. The Kier molecular flexibility index (Phi) is 5.80. The zero-order valence-electron chi connectivity index (χ0n) is 13.3. The molecule has 0 amide bonds. The van der Waals surface area contributed by atoms with Gasteiger partial charge < -0.3 is 0 Å². The molecule has 0 radical (unpaired) electrons. The Labute approximate surface area is 129 Å². The van der Waals surface area contributed by atoms with E-state index in [0.717, 1.165) is 25.7 Å². The highest BCUT2D eigenvalue weighted by Crippen LogP contribution is 2.29. The Morgan fingerprint density at radius 1 is 0.952 bits per heavy atom. The average Bonchev–Trinajstić information content (AvgIpc) is 2.55. The molecule has 0 aromatic heterocycles. The van der Waals surface area contributed by atoms with Gasteiger partial charge in [-0.3, -0.25) is 0 Å². The molecule has 0 aliphatic rings. The SMILES string of the molecule is C=C(CCc1cccc(CC)c1)[C@@H](CC)c1ccccc1. The van der Waals surface area contributed by atoms with Crippen LogP contribution >= 0.6 is 0 Å². The lowest BCUT2D eigenvalue weighted by Gasteiger charge is -2.18. The Morgan fingerprint density at radius 2 is 1.67 bits per heavy atom. The minimum atomic E-state index is 0.487. The molecule has 0 unspecified atom stereocenters. The Hall–Kier alpha value is -1.82. The molecular formula is C21H26. The largest absolute Gasteiger partial charge is 0.0992 e. The zero-order chi connectivity index (χ0) is 15.1. The smallest absolute Gasteiger partial charge is 0.00429 e. The van der Waals surface area contributed by atoms with Crippen LogP contribution in [0, 0.1) is 0 Å². The van der Waals surface area contributed by atoms with Gasteiger partial charge in [-0.05, 0) is 42.4 Å². The molecule has 1 atom stereocenters. The van der Waals surface area contributed by atoms with Gasteiger partial charge in [0.25, 0.3) is 0 Å². The predicted molar refractivity (Wildman–Crippen MR) is 92.8 cm³/mol. The second kappa shape index (κ2) is 7.83. The van der Waals surface area contributed by atoms with E-state index in [1.54, 1.807) is 0 Å². The summed E-state index contributed by atoms with van der Waals surface area (Å²) in [5.74, 6) is 0.487. The van der Waals surface area contributed by atoms with Gasteiger partial charge >= 0.3 is 0 Å². The molecule has 110 valence electrons. The lowest BCUT2D eigenvalue weighted by atomic mass is 9.86. The predicted octanol–water partition coefficient (Wildman–Crippen LogP) is 5.93. The highest BCUT2D eigenvalue weighted by molar-refractivity contribution is 5.29.